The molecule has 0 aliphatic carbocycles. The average molecular weight is 304 g/mol. The van der Waals surface area contributed by atoms with Crippen molar-refractivity contribution < 1.29 is 28.2 Å². The van der Waals surface area contributed by atoms with E-state index in [1.54, 1.807) is 13.8 Å². The molecule has 110 valence electrons. The Morgan fingerprint density at radius 1 is 1.30 bits per heavy atom. The molecule has 1 unspecified atom stereocenters. The van der Waals surface area contributed by atoms with Crippen molar-refractivity contribution in [3.05, 3.63) is 29.3 Å². The summed E-state index contributed by atoms with van der Waals surface area (Å²) in [6.07, 6.45) is 0.378. The Balaban J connectivity index is 3.04. The molecule has 1 aromatic carbocycles. The van der Waals surface area contributed by atoms with Gasteiger partial charge in [-0.15, -0.1) is 11.8 Å². The molecule has 0 bridgehead atoms. The van der Waals surface area contributed by atoms with Gasteiger partial charge in [-0.3, -0.25) is 4.79 Å². The van der Waals surface area contributed by atoms with E-state index in [0.29, 0.717) is 12.5 Å². The first-order chi connectivity index (χ1) is 9.40. The number of thioether (sulfide) groups is 1. The quantitative estimate of drug-likeness (QED) is 0.646. The highest BCUT2D eigenvalue weighted by molar-refractivity contribution is 8.00. The number of halogens is 2. The second kappa shape index (κ2) is 7.23. The lowest BCUT2D eigenvalue weighted by Gasteiger charge is -2.14. The van der Waals surface area contributed by atoms with E-state index in [0.717, 1.165) is 17.8 Å². The van der Waals surface area contributed by atoms with Gasteiger partial charge in [-0.25, -0.2) is 13.6 Å². The van der Waals surface area contributed by atoms with Crippen LogP contribution in [0.2, 0.25) is 0 Å². The molecule has 0 saturated carbocycles. The van der Waals surface area contributed by atoms with Gasteiger partial charge in [0.1, 0.15) is 16.9 Å². The normalized spacial score (nSPS) is 12.0. The van der Waals surface area contributed by atoms with Crippen molar-refractivity contribution in [2.45, 2.75) is 30.4 Å². The second-order valence-electron chi connectivity index (χ2n) is 3.83. The van der Waals surface area contributed by atoms with Crippen LogP contribution in [0.25, 0.3) is 0 Å². The molecule has 0 aromatic heterocycles. The summed E-state index contributed by atoms with van der Waals surface area (Å²) in [5.41, 5.74) is -0.632. The van der Waals surface area contributed by atoms with E-state index in [2.05, 4.69) is 0 Å². The van der Waals surface area contributed by atoms with Gasteiger partial charge in [0.25, 0.3) is 0 Å². The monoisotopic (exact) mass is 304 g/mol. The van der Waals surface area contributed by atoms with Gasteiger partial charge in [-0.2, -0.15) is 0 Å². The highest BCUT2D eigenvalue weighted by atomic mass is 32.2. The zero-order valence-corrected chi connectivity index (χ0v) is 11.8. The van der Waals surface area contributed by atoms with Crippen LogP contribution < -0.4 is 0 Å². The first kappa shape index (κ1) is 16.4. The Labute approximate surface area is 119 Å². The number of carbonyl (C=O) groups excluding carboxylic acids is 1. The third-order valence-corrected chi connectivity index (χ3v) is 3.82. The van der Waals surface area contributed by atoms with Crippen molar-refractivity contribution in [2.24, 2.45) is 0 Å². The topological polar surface area (TPSA) is 63.6 Å². The average Bonchev–Trinajstić information content (AvgIpc) is 2.37. The predicted octanol–water partition coefficient (Wildman–Crippen LogP) is 3.10. The molecule has 0 aliphatic heterocycles. The zero-order chi connectivity index (χ0) is 15.3. The molecule has 0 fully saturated rings. The fraction of sp³-hybridized carbons (Fsp3) is 0.385. The smallest absolute Gasteiger partial charge is 0.338 e. The molecule has 0 aliphatic rings. The Hall–Kier alpha value is -1.63. The summed E-state index contributed by atoms with van der Waals surface area (Å²) in [5.74, 6) is -4.06. The van der Waals surface area contributed by atoms with Crippen LogP contribution in [0.15, 0.2) is 17.0 Å². The van der Waals surface area contributed by atoms with Crippen LogP contribution in [0.5, 0.6) is 0 Å². The lowest BCUT2D eigenvalue weighted by molar-refractivity contribution is -0.142. The Morgan fingerprint density at radius 2 is 1.95 bits per heavy atom. The minimum Gasteiger partial charge on any atom is -0.478 e. The first-order valence-corrected chi connectivity index (χ1v) is 6.84. The van der Waals surface area contributed by atoms with E-state index in [4.69, 9.17) is 9.84 Å². The number of aromatic carboxylic acids is 1. The number of carboxylic acids is 1. The minimum atomic E-state index is -1.49. The molecule has 0 heterocycles. The summed E-state index contributed by atoms with van der Waals surface area (Å²) in [6, 6.07) is 1.39. The molecule has 0 radical (unpaired) electrons. The third-order valence-electron chi connectivity index (χ3n) is 2.44. The van der Waals surface area contributed by atoms with Gasteiger partial charge in [-0.05, 0) is 19.4 Å². The number of carbonyl (C=O) groups is 2. The van der Waals surface area contributed by atoms with Crippen LogP contribution in [0, 0.1) is 11.6 Å². The summed E-state index contributed by atoms with van der Waals surface area (Å²) in [5, 5.41) is 8.13. The van der Waals surface area contributed by atoms with E-state index in [1.807, 2.05) is 0 Å². The van der Waals surface area contributed by atoms with E-state index in [9.17, 15) is 18.4 Å². The molecule has 7 heteroatoms. The maximum absolute atomic E-state index is 13.6. The van der Waals surface area contributed by atoms with Gasteiger partial charge < -0.3 is 9.84 Å². The number of rotatable bonds is 6. The molecule has 1 rings (SSSR count). The molecule has 1 atom stereocenters. The van der Waals surface area contributed by atoms with Crippen molar-refractivity contribution in [3.8, 4) is 0 Å². The summed E-state index contributed by atoms with van der Waals surface area (Å²) in [7, 11) is 0. The summed E-state index contributed by atoms with van der Waals surface area (Å²) in [6.45, 7) is 3.56. The van der Waals surface area contributed by atoms with Gasteiger partial charge in [0, 0.05) is 11.0 Å². The maximum Gasteiger partial charge on any atom is 0.338 e. The zero-order valence-electron chi connectivity index (χ0n) is 11.0. The van der Waals surface area contributed by atoms with Crippen LogP contribution in [-0.2, 0) is 9.53 Å². The Bertz CT molecular complexity index is 519. The summed E-state index contributed by atoms with van der Waals surface area (Å²) in [4.78, 5) is 22.3. The van der Waals surface area contributed by atoms with Crippen molar-refractivity contribution in [2.75, 3.05) is 6.61 Å². The number of hydrogen-bond acceptors (Lipinski definition) is 4. The van der Waals surface area contributed by atoms with E-state index >= 15 is 0 Å². The molecule has 0 spiro atoms. The molecular formula is C13H14F2O4S. The maximum atomic E-state index is 13.6. The Morgan fingerprint density at radius 3 is 2.45 bits per heavy atom. The number of hydrogen-bond donors (Lipinski definition) is 1. The van der Waals surface area contributed by atoms with Crippen molar-refractivity contribution in [1.82, 2.24) is 0 Å². The number of esters is 1. The third kappa shape index (κ3) is 3.93. The number of carboxylic acid groups (broad SMARTS) is 1. The molecule has 1 aromatic rings. The predicted molar refractivity (Wildman–Crippen MR) is 69.9 cm³/mol. The summed E-state index contributed by atoms with van der Waals surface area (Å²) >= 11 is 0.824. The molecule has 0 saturated heterocycles. The summed E-state index contributed by atoms with van der Waals surface area (Å²) < 4.78 is 31.7. The standard InChI is InChI=1S/C13H14F2O4S/c1-3-10(13(18)19-4-2)20-11-5-7(12(16)17)8(14)6-9(11)15/h5-6,10H,3-4H2,1-2H3,(H,16,17). The first-order valence-electron chi connectivity index (χ1n) is 5.96. The highest BCUT2D eigenvalue weighted by Crippen LogP contribution is 2.30. The van der Waals surface area contributed by atoms with Gasteiger partial charge in [0.15, 0.2) is 0 Å². The van der Waals surface area contributed by atoms with Crippen LogP contribution in [-0.4, -0.2) is 28.9 Å². The molecule has 20 heavy (non-hydrogen) atoms. The fourth-order valence-corrected chi connectivity index (χ4v) is 2.46. The van der Waals surface area contributed by atoms with E-state index < -0.39 is 34.4 Å². The lowest BCUT2D eigenvalue weighted by atomic mass is 10.2. The Kier molecular flexibility index (Phi) is 5.94. The lowest BCUT2D eigenvalue weighted by Crippen LogP contribution is -2.19. The van der Waals surface area contributed by atoms with Gasteiger partial charge in [0.2, 0.25) is 0 Å². The second-order valence-corrected chi connectivity index (χ2v) is 5.08. The van der Waals surface area contributed by atoms with Crippen molar-refractivity contribution in [3.63, 3.8) is 0 Å². The van der Waals surface area contributed by atoms with Crippen LogP contribution >= 0.6 is 11.8 Å². The minimum absolute atomic E-state index is 0.0938. The van der Waals surface area contributed by atoms with Gasteiger partial charge >= 0.3 is 11.9 Å². The van der Waals surface area contributed by atoms with Crippen LogP contribution in [0.3, 0.4) is 0 Å². The van der Waals surface area contributed by atoms with E-state index in [1.165, 1.54) is 0 Å². The van der Waals surface area contributed by atoms with Crippen LogP contribution in [0.4, 0.5) is 8.78 Å². The molecule has 4 nitrogen and oxygen atoms in total. The van der Waals surface area contributed by atoms with Crippen molar-refractivity contribution in [1.29, 1.82) is 0 Å². The molecular weight excluding hydrogens is 290 g/mol. The van der Waals surface area contributed by atoms with Crippen LogP contribution in [0.1, 0.15) is 30.6 Å². The number of ether oxygens (including phenoxy) is 1. The molecule has 1 N–H and O–H groups in total. The van der Waals surface area contributed by atoms with E-state index in [-0.39, 0.29) is 11.5 Å². The van der Waals surface area contributed by atoms with Crippen molar-refractivity contribution >= 4 is 23.7 Å². The SMILES string of the molecule is CCOC(=O)C(CC)Sc1cc(C(=O)O)c(F)cc1F. The highest BCUT2D eigenvalue weighted by Gasteiger charge is 2.23. The molecule has 0 amide bonds. The van der Waals surface area contributed by atoms with Gasteiger partial charge in [-0.1, -0.05) is 6.92 Å². The van der Waals surface area contributed by atoms with Gasteiger partial charge in [0.05, 0.1) is 12.2 Å². The number of benzene rings is 1. The largest absolute Gasteiger partial charge is 0.478 e. The fourth-order valence-electron chi connectivity index (χ4n) is 1.47.